The Morgan fingerprint density at radius 2 is 1.72 bits per heavy atom. The van der Waals surface area contributed by atoms with Gasteiger partial charge in [-0.1, -0.05) is 66.5 Å². The third-order valence-corrected chi connectivity index (χ3v) is 15.3. The van der Waals surface area contributed by atoms with Gasteiger partial charge < -0.3 is 10.2 Å². The molecule has 6 aliphatic rings. The lowest BCUT2D eigenvalue weighted by Gasteiger charge is -2.70. The first kappa shape index (κ1) is 30.1. The van der Waals surface area contributed by atoms with E-state index in [9.17, 15) is 4.79 Å². The highest BCUT2D eigenvalue weighted by molar-refractivity contribution is 5.84. The van der Waals surface area contributed by atoms with E-state index < -0.39 is 0 Å². The quantitative estimate of drug-likeness (QED) is 0.353. The molecule has 1 aromatic heterocycles. The summed E-state index contributed by atoms with van der Waals surface area (Å²) in [5, 5.41) is 11.5. The van der Waals surface area contributed by atoms with Crippen LogP contribution in [0.3, 0.4) is 0 Å². The maximum absolute atomic E-state index is 14.4. The Labute approximate surface area is 261 Å². The minimum Gasteiger partial charge on any atom is -0.354 e. The van der Waals surface area contributed by atoms with E-state index in [1.54, 1.807) is 5.57 Å². The lowest BCUT2D eigenvalue weighted by Crippen LogP contribution is -2.65. The highest BCUT2D eigenvalue weighted by atomic mass is 16.2. The fourth-order valence-electron chi connectivity index (χ4n) is 12.7. The summed E-state index contributed by atoms with van der Waals surface area (Å²) in [6.07, 6.45) is 19.3. The van der Waals surface area contributed by atoms with Gasteiger partial charge in [0.1, 0.15) is 0 Å². The predicted octanol–water partition coefficient (Wildman–Crippen LogP) is 7.83. The number of piperidine rings is 1. The molecule has 7 rings (SSSR count). The third-order valence-electron chi connectivity index (χ3n) is 15.3. The molecule has 1 aromatic rings. The number of rotatable bonds is 4. The van der Waals surface area contributed by atoms with Crippen LogP contribution in [0, 0.1) is 44.8 Å². The van der Waals surface area contributed by atoms with Gasteiger partial charge in [-0.15, -0.1) is 0 Å². The Morgan fingerprint density at radius 3 is 2.49 bits per heavy atom. The number of amides is 1. The smallest absolute Gasteiger partial charge is 0.226 e. The van der Waals surface area contributed by atoms with Gasteiger partial charge in [-0.25, -0.2) is 0 Å². The molecule has 1 amide bonds. The second kappa shape index (κ2) is 9.94. The number of allylic oxidation sites excluding steroid dienone is 2. The molecule has 5 aliphatic carbocycles. The molecule has 0 spiro atoms. The molecular formula is C38H60N4O. The first-order valence-corrected chi connectivity index (χ1v) is 18.0. The number of nitrogens with one attached hydrogen (secondary N) is 2. The minimum atomic E-state index is -0.231. The summed E-state index contributed by atoms with van der Waals surface area (Å²) in [6.45, 7) is 22.1. The normalized spacial score (nSPS) is 43.2. The van der Waals surface area contributed by atoms with Crippen molar-refractivity contribution in [1.82, 2.24) is 20.4 Å². The first-order valence-electron chi connectivity index (χ1n) is 18.0. The van der Waals surface area contributed by atoms with Crippen molar-refractivity contribution in [2.24, 2.45) is 44.8 Å². The van der Waals surface area contributed by atoms with E-state index in [1.165, 1.54) is 62.9 Å². The van der Waals surface area contributed by atoms with Crippen molar-refractivity contribution in [3.8, 4) is 0 Å². The Morgan fingerprint density at radius 1 is 0.977 bits per heavy atom. The number of carbonyl (C=O) groups is 1. The van der Waals surface area contributed by atoms with Gasteiger partial charge in [0.2, 0.25) is 5.91 Å². The molecule has 238 valence electrons. The molecule has 1 saturated heterocycles. The molecule has 43 heavy (non-hydrogen) atoms. The number of H-pyrrole nitrogens is 1. The van der Waals surface area contributed by atoms with Gasteiger partial charge in [0.25, 0.3) is 0 Å². The van der Waals surface area contributed by atoms with Crippen molar-refractivity contribution in [3.63, 3.8) is 0 Å². The number of likely N-dealkylation sites (tertiary alicyclic amines) is 1. The van der Waals surface area contributed by atoms with Gasteiger partial charge in [-0.3, -0.25) is 9.89 Å². The Hall–Kier alpha value is -1.62. The molecule has 2 heterocycles. The largest absolute Gasteiger partial charge is 0.354 e. The van der Waals surface area contributed by atoms with Gasteiger partial charge in [0.05, 0.1) is 11.6 Å². The Bertz CT molecular complexity index is 1290. The maximum atomic E-state index is 14.4. The van der Waals surface area contributed by atoms with Crippen LogP contribution in [0.25, 0.3) is 0 Å². The van der Waals surface area contributed by atoms with Crippen LogP contribution in [0.2, 0.25) is 0 Å². The number of aromatic amines is 1. The highest BCUT2D eigenvalue weighted by Gasteiger charge is 2.69. The number of fused-ring (bicyclic) bond motifs is 8. The van der Waals surface area contributed by atoms with E-state index in [0.717, 1.165) is 51.6 Å². The van der Waals surface area contributed by atoms with Crippen LogP contribution in [0.5, 0.6) is 0 Å². The van der Waals surface area contributed by atoms with Crippen LogP contribution >= 0.6 is 0 Å². The standard InChI is InChI=1S/C38H60N4O/c1-33(2)15-17-38(32(43)39-19-22-42-20-9-8-10-21-42)18-16-36(6)27(28(38)24-33)11-12-30-35(5)23-26-25-40-41-31(26)34(3,4)29(35)13-14-37(30,36)7/h11,25,28-30H,8-10,12-24H2,1-7H3,(H,39,43)(H,40,41)/t28-,29?,30+,35-,36+,37+,38-/m0/s1. The van der Waals surface area contributed by atoms with Gasteiger partial charge in [-0.2, -0.15) is 5.10 Å². The summed E-state index contributed by atoms with van der Waals surface area (Å²) in [6, 6.07) is 0. The predicted molar refractivity (Wildman–Crippen MR) is 175 cm³/mol. The maximum Gasteiger partial charge on any atom is 0.226 e. The molecular weight excluding hydrogens is 528 g/mol. The van der Waals surface area contributed by atoms with Crippen LogP contribution in [0.4, 0.5) is 0 Å². The number of nitrogens with zero attached hydrogens (tertiary/aromatic N) is 2. The lowest BCUT2D eigenvalue weighted by molar-refractivity contribution is -0.167. The van der Waals surface area contributed by atoms with Crippen LogP contribution < -0.4 is 5.32 Å². The highest BCUT2D eigenvalue weighted by Crippen LogP contribution is 2.75. The summed E-state index contributed by atoms with van der Waals surface area (Å²) in [4.78, 5) is 16.9. The average molecular weight is 589 g/mol. The van der Waals surface area contributed by atoms with Gasteiger partial charge in [0.15, 0.2) is 0 Å². The Balaban J connectivity index is 1.21. The second-order valence-corrected chi connectivity index (χ2v) is 18.2. The number of hydrogen-bond donors (Lipinski definition) is 2. The van der Waals surface area contributed by atoms with Crippen LogP contribution in [0.1, 0.15) is 130 Å². The van der Waals surface area contributed by atoms with E-state index in [4.69, 9.17) is 0 Å². The third kappa shape index (κ3) is 4.24. The molecule has 4 fully saturated rings. The SMILES string of the molecule is CC1(C)CC[C@]2(C(=O)NCCN3CCCCC3)CC[C@]3(C)C(=CC[C@@H]4[C@@]5(C)Cc6cn[nH]c6C(C)(C)C5CC[C@]43C)[C@@H]2C1. The van der Waals surface area contributed by atoms with Crippen LogP contribution in [-0.2, 0) is 16.6 Å². The summed E-state index contributed by atoms with van der Waals surface area (Å²) in [7, 11) is 0. The van der Waals surface area contributed by atoms with Crippen molar-refractivity contribution < 1.29 is 4.79 Å². The lowest BCUT2D eigenvalue weighted by atomic mass is 9.33. The van der Waals surface area contributed by atoms with Crippen molar-refractivity contribution in [3.05, 3.63) is 29.1 Å². The van der Waals surface area contributed by atoms with Crippen molar-refractivity contribution >= 4 is 5.91 Å². The van der Waals surface area contributed by atoms with E-state index in [2.05, 4.69) is 81.2 Å². The van der Waals surface area contributed by atoms with Gasteiger partial charge >= 0.3 is 0 Å². The number of aromatic nitrogens is 2. The number of hydrogen-bond acceptors (Lipinski definition) is 3. The van der Waals surface area contributed by atoms with E-state index in [1.807, 2.05) is 0 Å². The monoisotopic (exact) mass is 588 g/mol. The van der Waals surface area contributed by atoms with Crippen molar-refractivity contribution in [1.29, 1.82) is 0 Å². The molecule has 0 radical (unpaired) electrons. The molecule has 2 N–H and O–H groups in total. The van der Waals surface area contributed by atoms with Gasteiger partial charge in [0, 0.05) is 24.2 Å². The summed E-state index contributed by atoms with van der Waals surface area (Å²) in [5.41, 5.74) is 5.34. The van der Waals surface area contributed by atoms with Crippen molar-refractivity contribution in [2.75, 3.05) is 26.2 Å². The molecule has 5 heteroatoms. The summed E-state index contributed by atoms with van der Waals surface area (Å²) >= 11 is 0. The van der Waals surface area contributed by atoms with E-state index in [0.29, 0.717) is 23.7 Å². The van der Waals surface area contributed by atoms with Crippen LogP contribution in [0.15, 0.2) is 17.8 Å². The van der Waals surface area contributed by atoms with Crippen molar-refractivity contribution in [2.45, 2.75) is 131 Å². The zero-order chi connectivity index (χ0) is 30.5. The molecule has 5 nitrogen and oxygen atoms in total. The fourth-order valence-corrected chi connectivity index (χ4v) is 12.7. The molecule has 0 aromatic carbocycles. The zero-order valence-electron chi connectivity index (χ0n) is 28.5. The Kier molecular flexibility index (Phi) is 6.95. The van der Waals surface area contributed by atoms with Crippen LogP contribution in [-0.4, -0.2) is 47.2 Å². The zero-order valence-corrected chi connectivity index (χ0v) is 28.5. The topological polar surface area (TPSA) is 61.0 Å². The van der Waals surface area contributed by atoms with E-state index in [-0.39, 0.29) is 32.5 Å². The average Bonchev–Trinajstić information content (AvgIpc) is 3.42. The molecule has 7 atom stereocenters. The second-order valence-electron chi connectivity index (χ2n) is 18.2. The summed E-state index contributed by atoms with van der Waals surface area (Å²) < 4.78 is 0. The molecule has 0 bridgehead atoms. The number of carbonyl (C=O) groups excluding carboxylic acids is 1. The van der Waals surface area contributed by atoms with E-state index >= 15 is 0 Å². The fraction of sp³-hybridized carbons (Fsp3) is 0.842. The molecule has 1 unspecified atom stereocenters. The summed E-state index contributed by atoms with van der Waals surface area (Å²) in [5.74, 6) is 2.05. The first-order chi connectivity index (χ1) is 20.3. The van der Waals surface area contributed by atoms with Gasteiger partial charge in [-0.05, 0) is 129 Å². The minimum absolute atomic E-state index is 0.118. The molecule has 3 saturated carbocycles. The molecule has 1 aliphatic heterocycles.